The number of nitrogens with zero attached hydrogens (tertiary/aromatic N) is 3. The van der Waals surface area contributed by atoms with Crippen molar-refractivity contribution < 1.29 is 17.9 Å². The second kappa shape index (κ2) is 8.88. The van der Waals surface area contributed by atoms with Gasteiger partial charge in [-0.2, -0.15) is 10.2 Å². The first kappa shape index (κ1) is 22.2. The van der Waals surface area contributed by atoms with Gasteiger partial charge in [0.15, 0.2) is 9.84 Å². The molecule has 1 aliphatic rings. The lowest BCUT2D eigenvalue weighted by Crippen LogP contribution is -2.36. The summed E-state index contributed by atoms with van der Waals surface area (Å²) < 4.78 is 30.5. The Hall–Kier alpha value is -3.97. The zero-order valence-corrected chi connectivity index (χ0v) is 18.5. The molecule has 9 nitrogen and oxygen atoms in total. The van der Waals surface area contributed by atoms with Crippen LogP contribution in [0.15, 0.2) is 59.0 Å². The molecule has 3 aromatic rings. The molecule has 0 spiro atoms. The van der Waals surface area contributed by atoms with E-state index in [4.69, 9.17) is 4.74 Å². The lowest BCUT2D eigenvalue weighted by Gasteiger charge is -2.12. The maximum Gasteiger partial charge on any atom is 0.269 e. The third-order valence-electron chi connectivity index (χ3n) is 5.19. The highest BCUT2D eigenvalue weighted by molar-refractivity contribution is 7.91. The maximum absolute atomic E-state index is 13.2. The molecule has 1 aromatic carbocycles. The van der Waals surface area contributed by atoms with Gasteiger partial charge in [-0.15, -0.1) is 0 Å². The van der Waals surface area contributed by atoms with Gasteiger partial charge in [-0.25, -0.2) is 8.42 Å². The van der Waals surface area contributed by atoms with Crippen LogP contribution in [0.3, 0.4) is 0 Å². The molecule has 1 fully saturated rings. The summed E-state index contributed by atoms with van der Waals surface area (Å²) in [5.74, 6) is -0.591. The number of sulfone groups is 1. The van der Waals surface area contributed by atoms with Gasteiger partial charge >= 0.3 is 0 Å². The number of pyridine rings is 1. The molecule has 0 radical (unpaired) electrons. The van der Waals surface area contributed by atoms with Crippen LogP contribution in [0.4, 0.5) is 0 Å². The molecule has 168 valence electrons. The highest BCUT2D eigenvalue weighted by atomic mass is 32.2. The minimum Gasteiger partial charge on any atom is -0.438 e. The normalized spacial score (nSPS) is 17.5. The number of nitrogens with one attached hydrogen (secondary N) is 1. The number of benzene rings is 1. The van der Waals surface area contributed by atoms with E-state index in [0.717, 1.165) is 11.6 Å². The van der Waals surface area contributed by atoms with Crippen LogP contribution in [0.5, 0.6) is 11.6 Å². The summed E-state index contributed by atoms with van der Waals surface area (Å²) in [6.45, 7) is 1.92. The van der Waals surface area contributed by atoms with Gasteiger partial charge in [-0.1, -0.05) is 23.8 Å². The molecular formula is C23H20N4O5S. The number of carbonyl (C=O) groups excluding carboxylic acids is 1. The predicted molar refractivity (Wildman–Crippen MR) is 122 cm³/mol. The number of carbonyl (C=O) groups is 1. The van der Waals surface area contributed by atoms with Gasteiger partial charge in [-0.3, -0.25) is 14.0 Å². The standard InChI is InChI=1S/C23H20N4O5S/c1-15-5-7-18(8-6-15)32-22-19(23(29)27-10-3-2-4-20(27)26-22)12-16(13-24)21(28)25-17-9-11-33(30,31)14-17/h2-8,10,12,17H,9,11,14H2,1H3,(H,25,28)/b16-12+/t17-/m1/s1. The Morgan fingerprint density at radius 3 is 2.70 bits per heavy atom. The minimum atomic E-state index is -3.21. The first-order valence-corrected chi connectivity index (χ1v) is 12.0. The molecule has 0 bridgehead atoms. The van der Waals surface area contributed by atoms with Crippen LogP contribution in [0.25, 0.3) is 11.7 Å². The zero-order chi connectivity index (χ0) is 23.6. The van der Waals surface area contributed by atoms with E-state index in [2.05, 4.69) is 10.3 Å². The molecular weight excluding hydrogens is 444 g/mol. The first-order valence-electron chi connectivity index (χ1n) is 10.1. The lowest BCUT2D eigenvalue weighted by atomic mass is 10.1. The Balaban J connectivity index is 1.75. The predicted octanol–water partition coefficient (Wildman–Crippen LogP) is 2.01. The third kappa shape index (κ3) is 4.94. The molecule has 1 atom stereocenters. The maximum atomic E-state index is 13.2. The summed E-state index contributed by atoms with van der Waals surface area (Å²) in [5.41, 5.74) is 0.395. The lowest BCUT2D eigenvalue weighted by molar-refractivity contribution is -0.117. The molecule has 33 heavy (non-hydrogen) atoms. The van der Waals surface area contributed by atoms with Crippen LogP contribution in [0, 0.1) is 18.3 Å². The highest BCUT2D eigenvalue weighted by Gasteiger charge is 2.29. The molecule has 1 saturated heterocycles. The van der Waals surface area contributed by atoms with E-state index in [1.807, 2.05) is 19.1 Å². The quantitative estimate of drug-likeness (QED) is 0.451. The van der Waals surface area contributed by atoms with Gasteiger partial charge in [0.1, 0.15) is 28.6 Å². The van der Waals surface area contributed by atoms with Crippen LogP contribution < -0.4 is 15.6 Å². The van der Waals surface area contributed by atoms with E-state index in [-0.39, 0.29) is 34.9 Å². The average molecular weight is 465 g/mol. The fourth-order valence-electron chi connectivity index (χ4n) is 3.47. The SMILES string of the molecule is Cc1ccc(Oc2nc3ccccn3c(=O)c2/C=C(\C#N)C(=O)N[C@@H]2CCS(=O)(=O)C2)cc1. The molecule has 1 N–H and O–H groups in total. The minimum absolute atomic E-state index is 0.0198. The Labute approximate surface area is 189 Å². The van der Waals surface area contributed by atoms with Crippen molar-refractivity contribution in [2.75, 3.05) is 11.5 Å². The van der Waals surface area contributed by atoms with Gasteiger partial charge in [-0.05, 0) is 43.7 Å². The van der Waals surface area contributed by atoms with Crippen LogP contribution in [-0.4, -0.2) is 41.3 Å². The number of hydrogen-bond donors (Lipinski definition) is 1. The summed E-state index contributed by atoms with van der Waals surface area (Å²) in [4.78, 5) is 30.2. The molecule has 10 heteroatoms. The number of aryl methyl sites for hydroxylation is 1. The summed E-state index contributed by atoms with van der Waals surface area (Å²) in [6, 6.07) is 13.3. The number of fused-ring (bicyclic) bond motifs is 1. The molecule has 2 aromatic heterocycles. The number of ether oxygens (including phenoxy) is 1. The van der Waals surface area contributed by atoms with Gasteiger partial charge in [0.25, 0.3) is 11.5 Å². The summed E-state index contributed by atoms with van der Waals surface area (Å²) in [6.07, 6.45) is 2.92. The summed E-state index contributed by atoms with van der Waals surface area (Å²) in [7, 11) is -3.21. The van der Waals surface area contributed by atoms with E-state index < -0.39 is 27.3 Å². The molecule has 1 amide bonds. The third-order valence-corrected chi connectivity index (χ3v) is 6.96. The molecule has 3 heterocycles. The Kier molecular flexibility index (Phi) is 5.98. The van der Waals surface area contributed by atoms with Crippen LogP contribution >= 0.6 is 0 Å². The monoisotopic (exact) mass is 464 g/mol. The molecule has 0 saturated carbocycles. The van der Waals surface area contributed by atoms with Crippen molar-refractivity contribution in [3.8, 4) is 17.7 Å². The van der Waals surface area contributed by atoms with Gasteiger partial charge in [0.05, 0.1) is 11.5 Å². The van der Waals surface area contributed by atoms with Crippen LogP contribution in [-0.2, 0) is 14.6 Å². The zero-order valence-electron chi connectivity index (χ0n) is 17.7. The smallest absolute Gasteiger partial charge is 0.269 e. The Bertz CT molecular complexity index is 1470. The van der Waals surface area contributed by atoms with Gasteiger partial charge < -0.3 is 10.1 Å². The van der Waals surface area contributed by atoms with Crippen molar-refractivity contribution >= 4 is 27.5 Å². The largest absolute Gasteiger partial charge is 0.438 e. The summed E-state index contributed by atoms with van der Waals surface area (Å²) >= 11 is 0. The van der Waals surface area contributed by atoms with Gasteiger partial charge in [0.2, 0.25) is 5.88 Å². The summed E-state index contributed by atoms with van der Waals surface area (Å²) in [5, 5.41) is 12.1. The van der Waals surface area contributed by atoms with E-state index in [0.29, 0.717) is 11.4 Å². The Morgan fingerprint density at radius 2 is 2.03 bits per heavy atom. The van der Waals surface area contributed by atoms with Crippen molar-refractivity contribution in [3.05, 3.63) is 75.7 Å². The van der Waals surface area contributed by atoms with Crippen LogP contribution in [0.1, 0.15) is 17.5 Å². The molecule has 1 aliphatic heterocycles. The van der Waals surface area contributed by atoms with E-state index in [1.54, 1.807) is 36.4 Å². The van der Waals surface area contributed by atoms with Crippen molar-refractivity contribution in [1.29, 1.82) is 5.26 Å². The number of rotatable bonds is 5. The number of nitriles is 1. The van der Waals surface area contributed by atoms with Crippen molar-refractivity contribution in [2.45, 2.75) is 19.4 Å². The van der Waals surface area contributed by atoms with E-state index in [1.165, 1.54) is 10.6 Å². The number of hydrogen-bond acceptors (Lipinski definition) is 7. The highest BCUT2D eigenvalue weighted by Crippen LogP contribution is 2.24. The number of aromatic nitrogens is 2. The molecule has 0 unspecified atom stereocenters. The fourth-order valence-corrected chi connectivity index (χ4v) is 5.14. The van der Waals surface area contributed by atoms with Crippen molar-refractivity contribution in [3.63, 3.8) is 0 Å². The second-order valence-corrected chi connectivity index (χ2v) is 9.95. The van der Waals surface area contributed by atoms with Crippen molar-refractivity contribution in [1.82, 2.24) is 14.7 Å². The van der Waals surface area contributed by atoms with Crippen molar-refractivity contribution in [2.24, 2.45) is 0 Å². The van der Waals surface area contributed by atoms with E-state index in [9.17, 15) is 23.3 Å². The fraction of sp³-hybridized carbons (Fsp3) is 0.217. The Morgan fingerprint density at radius 1 is 1.27 bits per heavy atom. The average Bonchev–Trinajstić information content (AvgIpc) is 3.13. The second-order valence-electron chi connectivity index (χ2n) is 7.72. The van der Waals surface area contributed by atoms with Crippen LogP contribution in [0.2, 0.25) is 0 Å². The topological polar surface area (TPSA) is 131 Å². The van der Waals surface area contributed by atoms with E-state index >= 15 is 0 Å². The molecule has 0 aliphatic carbocycles. The first-order chi connectivity index (χ1) is 15.8. The molecule has 4 rings (SSSR count). The number of amides is 1. The van der Waals surface area contributed by atoms with Gasteiger partial charge in [0, 0.05) is 12.2 Å².